The number of hydrogen-bond acceptors (Lipinski definition) is 4. The van der Waals surface area contributed by atoms with Crippen molar-refractivity contribution in [3.05, 3.63) is 11.3 Å². The molecule has 3 aliphatic rings. The second kappa shape index (κ2) is 5.24. The van der Waals surface area contributed by atoms with E-state index in [2.05, 4.69) is 4.99 Å². The third-order valence-corrected chi connectivity index (χ3v) is 5.50. The predicted octanol–water partition coefficient (Wildman–Crippen LogP) is 2.03. The average Bonchev–Trinajstić information content (AvgIpc) is 2.45. The number of carboxylic acid groups (broad SMARTS) is 1. The summed E-state index contributed by atoms with van der Waals surface area (Å²) in [7, 11) is 0. The van der Waals surface area contributed by atoms with Crippen molar-refractivity contribution in [1.82, 2.24) is 4.90 Å². The van der Waals surface area contributed by atoms with Gasteiger partial charge < -0.3 is 5.11 Å². The van der Waals surface area contributed by atoms with Gasteiger partial charge >= 0.3 is 5.97 Å². The minimum Gasteiger partial charge on any atom is -0.477 e. The highest BCUT2D eigenvalue weighted by Gasteiger charge is 2.53. The molecule has 0 spiro atoms. The van der Waals surface area contributed by atoms with Gasteiger partial charge in [0.2, 0.25) is 0 Å². The van der Waals surface area contributed by atoms with Gasteiger partial charge in [0.15, 0.2) is 6.04 Å². The van der Waals surface area contributed by atoms with E-state index in [0.717, 1.165) is 37.0 Å². The summed E-state index contributed by atoms with van der Waals surface area (Å²) in [5.74, 6) is -0.501. The molecule has 2 fully saturated rings. The van der Waals surface area contributed by atoms with Crippen molar-refractivity contribution in [2.45, 2.75) is 50.4 Å². The lowest BCUT2D eigenvalue weighted by molar-refractivity contribution is -0.147. The third-order valence-electron chi connectivity index (χ3n) is 4.09. The molecule has 6 heteroatoms. The smallest absolute Gasteiger partial charge is 0.352 e. The van der Waals surface area contributed by atoms with Crippen molar-refractivity contribution in [3.8, 4) is 0 Å². The standard InChI is InChI=1S/C14H18N2O3S/c1-8-7-20-13-10(15-9-5-3-2-4-6-9)12(17)16(13)11(8)14(18)19/h10,13H,2-7H2,1H3,(H,18,19)/t10?,13-/m0/s1. The summed E-state index contributed by atoms with van der Waals surface area (Å²) in [6, 6.07) is -0.365. The summed E-state index contributed by atoms with van der Waals surface area (Å²) in [4.78, 5) is 29.6. The van der Waals surface area contributed by atoms with Crippen molar-refractivity contribution in [2.75, 3.05) is 5.75 Å². The van der Waals surface area contributed by atoms with Crippen LogP contribution in [0.2, 0.25) is 0 Å². The number of nitrogens with zero attached hydrogens (tertiary/aromatic N) is 2. The zero-order valence-electron chi connectivity index (χ0n) is 11.5. The molecule has 0 bridgehead atoms. The van der Waals surface area contributed by atoms with E-state index >= 15 is 0 Å². The predicted molar refractivity (Wildman–Crippen MR) is 77.7 cm³/mol. The molecule has 0 radical (unpaired) electrons. The number of rotatable bonds is 2. The maximum atomic E-state index is 12.2. The number of amides is 1. The molecule has 2 heterocycles. The summed E-state index contributed by atoms with van der Waals surface area (Å²) >= 11 is 1.62. The second-order valence-electron chi connectivity index (χ2n) is 5.54. The van der Waals surface area contributed by atoms with Crippen LogP contribution in [0, 0.1) is 0 Å². The molecule has 0 aromatic carbocycles. The van der Waals surface area contributed by atoms with Gasteiger partial charge in [-0.2, -0.15) is 0 Å². The molecule has 0 aromatic rings. The fourth-order valence-electron chi connectivity index (χ4n) is 3.03. The monoisotopic (exact) mass is 294 g/mol. The molecular weight excluding hydrogens is 276 g/mol. The van der Waals surface area contributed by atoms with Crippen LogP contribution in [-0.4, -0.2) is 44.8 Å². The SMILES string of the molecule is CC1=C(C(=O)O)N2C(=O)C(N=C3CCCCC3)[C@@H]2SC1. The van der Waals surface area contributed by atoms with Crippen LogP contribution >= 0.6 is 11.8 Å². The highest BCUT2D eigenvalue weighted by molar-refractivity contribution is 8.00. The zero-order chi connectivity index (χ0) is 14.3. The minimum atomic E-state index is -1.01. The van der Waals surface area contributed by atoms with Gasteiger partial charge in [-0.25, -0.2) is 4.79 Å². The number of carbonyl (C=O) groups excluding carboxylic acids is 1. The van der Waals surface area contributed by atoms with Crippen molar-refractivity contribution in [1.29, 1.82) is 0 Å². The molecule has 5 nitrogen and oxygen atoms in total. The Kier molecular flexibility index (Phi) is 3.58. The normalized spacial score (nSPS) is 29.9. The van der Waals surface area contributed by atoms with Gasteiger partial charge in [-0.05, 0) is 38.2 Å². The van der Waals surface area contributed by atoms with Gasteiger partial charge in [-0.3, -0.25) is 14.7 Å². The van der Waals surface area contributed by atoms with Gasteiger partial charge in [0.1, 0.15) is 11.1 Å². The van der Waals surface area contributed by atoms with Crippen LogP contribution in [0.3, 0.4) is 0 Å². The lowest BCUT2D eigenvalue weighted by atomic mass is 9.97. The number of carbonyl (C=O) groups is 2. The van der Waals surface area contributed by atoms with E-state index in [1.165, 1.54) is 11.3 Å². The first kappa shape index (κ1) is 13.7. The minimum absolute atomic E-state index is 0.119. The largest absolute Gasteiger partial charge is 0.477 e. The van der Waals surface area contributed by atoms with Crippen LogP contribution in [0.15, 0.2) is 16.3 Å². The Labute approximate surface area is 122 Å². The highest BCUT2D eigenvalue weighted by Crippen LogP contribution is 2.41. The number of carboxylic acids is 1. The number of thioether (sulfide) groups is 1. The Hall–Kier alpha value is -1.30. The summed E-state index contributed by atoms with van der Waals surface area (Å²) < 4.78 is 0. The number of β-lactam (4-membered cyclic amide) rings is 1. The lowest BCUT2D eigenvalue weighted by Gasteiger charge is -2.47. The van der Waals surface area contributed by atoms with Crippen molar-refractivity contribution in [3.63, 3.8) is 0 Å². The van der Waals surface area contributed by atoms with Gasteiger partial charge in [0.25, 0.3) is 5.91 Å². The zero-order valence-corrected chi connectivity index (χ0v) is 12.3. The fourth-order valence-corrected chi connectivity index (χ4v) is 4.30. The first-order chi connectivity index (χ1) is 9.59. The molecule has 1 unspecified atom stereocenters. The van der Waals surface area contributed by atoms with Crippen molar-refractivity contribution >= 4 is 29.4 Å². The second-order valence-corrected chi connectivity index (χ2v) is 6.65. The number of fused-ring (bicyclic) bond motifs is 1. The van der Waals surface area contributed by atoms with E-state index < -0.39 is 5.97 Å². The summed E-state index contributed by atoms with van der Waals surface area (Å²) in [5.41, 5.74) is 2.06. The van der Waals surface area contributed by atoms with Crippen LogP contribution in [0.1, 0.15) is 39.0 Å². The molecule has 1 amide bonds. The Morgan fingerprint density at radius 1 is 1.35 bits per heavy atom. The molecule has 108 valence electrons. The van der Waals surface area contributed by atoms with E-state index in [1.54, 1.807) is 18.7 Å². The molecule has 20 heavy (non-hydrogen) atoms. The first-order valence-electron chi connectivity index (χ1n) is 7.03. The van der Waals surface area contributed by atoms with E-state index in [9.17, 15) is 14.7 Å². The van der Waals surface area contributed by atoms with Gasteiger partial charge in [-0.15, -0.1) is 11.8 Å². The Morgan fingerprint density at radius 2 is 2.05 bits per heavy atom. The van der Waals surface area contributed by atoms with E-state index in [4.69, 9.17) is 0 Å². The van der Waals surface area contributed by atoms with E-state index in [-0.39, 0.29) is 23.0 Å². The summed E-state index contributed by atoms with van der Waals surface area (Å²) in [6.45, 7) is 1.78. The van der Waals surface area contributed by atoms with E-state index in [0.29, 0.717) is 5.75 Å². The van der Waals surface area contributed by atoms with Crippen LogP contribution in [-0.2, 0) is 9.59 Å². The molecule has 2 atom stereocenters. The molecule has 1 saturated carbocycles. The molecule has 2 aliphatic heterocycles. The Bertz CT molecular complexity index is 519. The number of aliphatic imine (C=N–C) groups is 1. The summed E-state index contributed by atoms with van der Waals surface area (Å²) in [6.07, 6.45) is 5.53. The van der Waals surface area contributed by atoms with Crippen LogP contribution in [0.25, 0.3) is 0 Å². The van der Waals surface area contributed by atoms with Gasteiger partial charge in [-0.1, -0.05) is 6.42 Å². The van der Waals surface area contributed by atoms with Gasteiger partial charge in [0, 0.05) is 11.5 Å². The fraction of sp³-hybridized carbons (Fsp3) is 0.643. The van der Waals surface area contributed by atoms with Crippen LogP contribution in [0.5, 0.6) is 0 Å². The Balaban J connectivity index is 1.80. The lowest BCUT2D eigenvalue weighted by Crippen LogP contribution is -2.64. The average molecular weight is 294 g/mol. The number of aliphatic carboxylic acids is 1. The van der Waals surface area contributed by atoms with E-state index in [1.807, 2.05) is 0 Å². The molecule has 3 rings (SSSR count). The highest BCUT2D eigenvalue weighted by atomic mass is 32.2. The topological polar surface area (TPSA) is 70.0 Å². The van der Waals surface area contributed by atoms with Crippen molar-refractivity contribution in [2.24, 2.45) is 4.99 Å². The molecular formula is C14H18N2O3S. The van der Waals surface area contributed by atoms with Gasteiger partial charge in [0.05, 0.1) is 0 Å². The number of hydrogen-bond donors (Lipinski definition) is 1. The first-order valence-corrected chi connectivity index (χ1v) is 8.07. The molecule has 0 aromatic heterocycles. The van der Waals surface area contributed by atoms with Crippen molar-refractivity contribution < 1.29 is 14.7 Å². The molecule has 1 N–H and O–H groups in total. The molecule has 1 aliphatic carbocycles. The molecule has 1 saturated heterocycles. The van der Waals surface area contributed by atoms with Crippen LogP contribution < -0.4 is 0 Å². The quantitative estimate of drug-likeness (QED) is 0.791. The third kappa shape index (κ3) is 2.16. The maximum Gasteiger partial charge on any atom is 0.352 e. The van der Waals surface area contributed by atoms with Crippen LogP contribution in [0.4, 0.5) is 0 Å². The maximum absolute atomic E-state index is 12.2. The Morgan fingerprint density at radius 3 is 2.70 bits per heavy atom. The summed E-state index contributed by atoms with van der Waals surface area (Å²) in [5, 5.41) is 9.14.